The van der Waals surface area contributed by atoms with Gasteiger partial charge in [0.2, 0.25) is 10.0 Å². The molecule has 0 aliphatic rings. The van der Waals surface area contributed by atoms with E-state index < -0.39 is 16.0 Å². The fraction of sp³-hybridized carbons (Fsp3) is 0.278. The average Bonchev–Trinajstić information content (AvgIpc) is 2.60. The van der Waals surface area contributed by atoms with Crippen LogP contribution in [0.2, 0.25) is 5.02 Å². The molecule has 0 radical (unpaired) electrons. The number of halogens is 1. The number of benzene rings is 2. The number of hydrogen-bond donors (Lipinski definition) is 1. The first kappa shape index (κ1) is 19.4. The molecule has 0 saturated carbocycles. The minimum atomic E-state index is -3.68. The Morgan fingerprint density at radius 1 is 1.16 bits per heavy atom. The van der Waals surface area contributed by atoms with Gasteiger partial charge in [-0.1, -0.05) is 29.8 Å². The number of methoxy groups -OCH3 is 1. The lowest BCUT2D eigenvalue weighted by atomic mass is 10.1. The molecule has 0 saturated heterocycles. The first-order valence-corrected chi connectivity index (χ1v) is 9.62. The highest BCUT2D eigenvalue weighted by molar-refractivity contribution is 7.89. The van der Waals surface area contributed by atoms with Gasteiger partial charge in [0.15, 0.2) is 0 Å². The van der Waals surface area contributed by atoms with Crippen LogP contribution in [-0.4, -0.2) is 28.0 Å². The normalized spacial score (nSPS) is 11.3. The van der Waals surface area contributed by atoms with E-state index in [1.807, 2.05) is 24.3 Å². The summed E-state index contributed by atoms with van der Waals surface area (Å²) in [6.07, 6.45) is 1.39. The molecule has 2 aromatic carbocycles. The second-order valence-corrected chi connectivity index (χ2v) is 7.80. The first-order chi connectivity index (χ1) is 11.8. The standard InChI is InChI=1S/C18H20ClNO4S/c1-13-5-10-16(12-17(13)18(21)24-2)25(22,23)20-11-3-4-14-6-8-15(19)9-7-14/h5-10,12,20H,3-4,11H2,1-2H3. The Balaban J connectivity index is 1.99. The third-order valence-corrected chi connectivity index (χ3v) is 5.48. The summed E-state index contributed by atoms with van der Waals surface area (Å²) in [5, 5.41) is 0.672. The van der Waals surface area contributed by atoms with Gasteiger partial charge >= 0.3 is 5.97 Å². The van der Waals surface area contributed by atoms with Gasteiger partial charge in [-0.15, -0.1) is 0 Å². The molecule has 25 heavy (non-hydrogen) atoms. The van der Waals surface area contributed by atoms with Crippen LogP contribution >= 0.6 is 11.6 Å². The highest BCUT2D eigenvalue weighted by Gasteiger charge is 2.17. The van der Waals surface area contributed by atoms with E-state index in [1.165, 1.54) is 19.2 Å². The number of ether oxygens (including phenoxy) is 1. The number of hydrogen-bond acceptors (Lipinski definition) is 4. The molecule has 0 spiro atoms. The van der Waals surface area contributed by atoms with Gasteiger partial charge in [-0.25, -0.2) is 17.9 Å². The minimum absolute atomic E-state index is 0.0463. The van der Waals surface area contributed by atoms with Crippen molar-refractivity contribution in [2.75, 3.05) is 13.7 Å². The summed E-state index contributed by atoms with van der Waals surface area (Å²) in [7, 11) is -2.42. The smallest absolute Gasteiger partial charge is 0.338 e. The zero-order chi connectivity index (χ0) is 18.4. The van der Waals surface area contributed by atoms with Crippen LogP contribution in [0.25, 0.3) is 0 Å². The molecule has 134 valence electrons. The van der Waals surface area contributed by atoms with E-state index in [1.54, 1.807) is 13.0 Å². The Labute approximate surface area is 153 Å². The SMILES string of the molecule is COC(=O)c1cc(S(=O)(=O)NCCCc2ccc(Cl)cc2)ccc1C. The van der Waals surface area contributed by atoms with E-state index in [9.17, 15) is 13.2 Å². The topological polar surface area (TPSA) is 72.5 Å². The maximum atomic E-state index is 12.4. The van der Waals surface area contributed by atoms with Crippen LogP contribution in [0, 0.1) is 6.92 Å². The zero-order valence-corrected chi connectivity index (χ0v) is 15.7. The highest BCUT2D eigenvalue weighted by Crippen LogP contribution is 2.17. The van der Waals surface area contributed by atoms with Gasteiger partial charge in [0.25, 0.3) is 0 Å². The number of esters is 1. The van der Waals surface area contributed by atoms with Gasteiger partial charge in [0.05, 0.1) is 17.6 Å². The summed E-state index contributed by atoms with van der Waals surface area (Å²) in [6, 6.07) is 11.9. The lowest BCUT2D eigenvalue weighted by Crippen LogP contribution is -2.25. The molecule has 0 fully saturated rings. The molecule has 0 aromatic heterocycles. The van der Waals surface area contributed by atoms with E-state index in [4.69, 9.17) is 11.6 Å². The number of aryl methyl sites for hydroxylation is 2. The maximum absolute atomic E-state index is 12.4. The number of nitrogens with one attached hydrogen (secondary N) is 1. The number of carbonyl (C=O) groups excluding carboxylic acids is 1. The van der Waals surface area contributed by atoms with Crippen molar-refractivity contribution in [1.82, 2.24) is 4.72 Å². The molecule has 0 bridgehead atoms. The molecule has 5 nitrogen and oxygen atoms in total. The van der Waals surface area contributed by atoms with E-state index in [-0.39, 0.29) is 10.5 Å². The van der Waals surface area contributed by atoms with Gasteiger partial charge in [0, 0.05) is 11.6 Å². The zero-order valence-electron chi connectivity index (χ0n) is 14.1. The molecule has 0 aliphatic carbocycles. The molecule has 2 rings (SSSR count). The Bertz CT molecular complexity index is 848. The highest BCUT2D eigenvalue weighted by atomic mass is 35.5. The lowest BCUT2D eigenvalue weighted by molar-refractivity contribution is 0.0599. The fourth-order valence-corrected chi connectivity index (χ4v) is 3.56. The summed E-state index contributed by atoms with van der Waals surface area (Å²) in [4.78, 5) is 11.8. The maximum Gasteiger partial charge on any atom is 0.338 e. The Morgan fingerprint density at radius 3 is 2.48 bits per heavy atom. The van der Waals surface area contributed by atoms with Gasteiger partial charge in [-0.05, 0) is 55.2 Å². The molecule has 0 amide bonds. The van der Waals surface area contributed by atoms with Crippen LogP contribution in [0.3, 0.4) is 0 Å². The third-order valence-electron chi connectivity index (χ3n) is 3.77. The molecule has 7 heteroatoms. The summed E-state index contributed by atoms with van der Waals surface area (Å²) < 4.78 is 32.0. The van der Waals surface area contributed by atoms with E-state index >= 15 is 0 Å². The first-order valence-electron chi connectivity index (χ1n) is 7.76. The predicted octanol–water partition coefficient (Wildman–Crippen LogP) is 3.35. The van der Waals surface area contributed by atoms with Crippen LogP contribution in [0.15, 0.2) is 47.4 Å². The van der Waals surface area contributed by atoms with Crippen molar-refractivity contribution >= 4 is 27.6 Å². The largest absolute Gasteiger partial charge is 0.465 e. The van der Waals surface area contributed by atoms with Gasteiger partial charge in [-0.2, -0.15) is 0 Å². The molecule has 0 aliphatic heterocycles. The number of sulfonamides is 1. The summed E-state index contributed by atoms with van der Waals surface area (Å²) in [6.45, 7) is 2.02. The van der Waals surface area contributed by atoms with Crippen LogP contribution in [-0.2, 0) is 21.2 Å². The van der Waals surface area contributed by atoms with Crippen molar-refractivity contribution in [3.63, 3.8) is 0 Å². The Kier molecular flexibility index (Phi) is 6.58. The van der Waals surface area contributed by atoms with Gasteiger partial charge < -0.3 is 4.74 Å². The predicted molar refractivity (Wildman–Crippen MR) is 97.5 cm³/mol. The Hall–Kier alpha value is -1.89. The monoisotopic (exact) mass is 381 g/mol. The fourth-order valence-electron chi connectivity index (χ4n) is 2.33. The van der Waals surface area contributed by atoms with Crippen molar-refractivity contribution in [1.29, 1.82) is 0 Å². The lowest BCUT2D eigenvalue weighted by Gasteiger charge is -2.10. The van der Waals surface area contributed by atoms with E-state index in [0.29, 0.717) is 23.6 Å². The third kappa shape index (κ3) is 5.29. The van der Waals surface area contributed by atoms with Gasteiger partial charge in [-0.3, -0.25) is 0 Å². The molecule has 0 atom stereocenters. The molecule has 0 heterocycles. The Morgan fingerprint density at radius 2 is 1.84 bits per heavy atom. The molecular weight excluding hydrogens is 362 g/mol. The van der Waals surface area contributed by atoms with Crippen molar-refractivity contribution in [3.8, 4) is 0 Å². The van der Waals surface area contributed by atoms with Crippen LogP contribution in [0.4, 0.5) is 0 Å². The van der Waals surface area contributed by atoms with Crippen LogP contribution < -0.4 is 4.72 Å². The van der Waals surface area contributed by atoms with Gasteiger partial charge in [0.1, 0.15) is 0 Å². The van der Waals surface area contributed by atoms with E-state index in [2.05, 4.69) is 9.46 Å². The van der Waals surface area contributed by atoms with Crippen LogP contribution in [0.5, 0.6) is 0 Å². The quantitative estimate of drug-likeness (QED) is 0.589. The van der Waals surface area contributed by atoms with Crippen molar-refractivity contribution in [3.05, 3.63) is 64.2 Å². The number of rotatable bonds is 7. The average molecular weight is 382 g/mol. The van der Waals surface area contributed by atoms with E-state index in [0.717, 1.165) is 12.0 Å². The summed E-state index contributed by atoms with van der Waals surface area (Å²) in [5.41, 5.74) is 1.99. The number of carbonyl (C=O) groups is 1. The van der Waals surface area contributed by atoms with Crippen molar-refractivity contribution in [2.45, 2.75) is 24.7 Å². The molecular formula is C18H20ClNO4S. The minimum Gasteiger partial charge on any atom is -0.465 e. The molecule has 1 N–H and O–H groups in total. The van der Waals surface area contributed by atoms with Crippen LogP contribution in [0.1, 0.15) is 27.9 Å². The second kappa shape index (κ2) is 8.47. The summed E-state index contributed by atoms with van der Waals surface area (Å²) >= 11 is 5.83. The second-order valence-electron chi connectivity index (χ2n) is 5.60. The van der Waals surface area contributed by atoms with Crippen molar-refractivity contribution in [2.24, 2.45) is 0 Å². The van der Waals surface area contributed by atoms with Crippen molar-refractivity contribution < 1.29 is 17.9 Å². The molecule has 0 unspecified atom stereocenters. The molecule has 2 aromatic rings. The summed E-state index contributed by atoms with van der Waals surface area (Å²) in [5.74, 6) is -0.558.